The van der Waals surface area contributed by atoms with E-state index in [1.807, 2.05) is 0 Å². The molecule has 6 heteroatoms. The summed E-state index contributed by atoms with van der Waals surface area (Å²) in [6, 6.07) is 12.2. The van der Waals surface area contributed by atoms with Crippen LogP contribution in [0.4, 0.5) is 0 Å². The van der Waals surface area contributed by atoms with Crippen LogP contribution in [0.2, 0.25) is 0 Å². The number of methoxy groups -OCH3 is 2. The zero-order valence-corrected chi connectivity index (χ0v) is 13.3. The molecule has 0 bridgehead atoms. The molecule has 6 nitrogen and oxygen atoms in total. The second kappa shape index (κ2) is 7.72. The van der Waals surface area contributed by atoms with Crippen molar-refractivity contribution in [3.05, 3.63) is 70.8 Å². The Bertz CT molecular complexity index is 642. The number of carbonyl (C=O) groups is 2. The third-order valence-electron chi connectivity index (χ3n) is 3.65. The third kappa shape index (κ3) is 3.79. The summed E-state index contributed by atoms with van der Waals surface area (Å²) in [5.41, 5.74) is 1.61. The smallest absolute Gasteiger partial charge is 0.337 e. The van der Waals surface area contributed by atoms with Crippen molar-refractivity contribution in [2.75, 3.05) is 14.2 Å². The first kappa shape index (κ1) is 17.7. The molecule has 0 aliphatic carbocycles. The normalized spacial score (nSPS) is 13.0. The number of hydrogen-bond acceptors (Lipinski definition) is 6. The van der Waals surface area contributed by atoms with Crippen LogP contribution in [0.1, 0.15) is 44.1 Å². The minimum Gasteiger partial charge on any atom is -0.465 e. The molecule has 0 fully saturated rings. The molecule has 0 aromatic heterocycles. The summed E-state index contributed by atoms with van der Waals surface area (Å²) in [5.74, 6) is -0.954. The molecular formula is C18H18O6. The third-order valence-corrected chi connectivity index (χ3v) is 3.65. The molecule has 2 N–H and O–H groups in total. The van der Waals surface area contributed by atoms with Gasteiger partial charge in [-0.1, -0.05) is 24.3 Å². The SMILES string of the molecule is COC(=O)c1ccc(C(O)C(O)c2ccc(C(=O)OC)cc2)cc1. The molecule has 0 saturated carbocycles. The largest absolute Gasteiger partial charge is 0.465 e. The molecule has 0 radical (unpaired) electrons. The van der Waals surface area contributed by atoms with Crippen molar-refractivity contribution in [3.8, 4) is 0 Å². The lowest BCUT2D eigenvalue weighted by Gasteiger charge is -2.19. The van der Waals surface area contributed by atoms with Crippen molar-refractivity contribution in [3.63, 3.8) is 0 Å². The topological polar surface area (TPSA) is 93.1 Å². The summed E-state index contributed by atoms with van der Waals surface area (Å²) < 4.78 is 9.21. The van der Waals surface area contributed by atoms with Crippen LogP contribution in [0.5, 0.6) is 0 Å². The van der Waals surface area contributed by atoms with Crippen molar-refractivity contribution >= 4 is 11.9 Å². The highest BCUT2D eigenvalue weighted by atomic mass is 16.5. The predicted molar refractivity (Wildman–Crippen MR) is 85.5 cm³/mol. The highest BCUT2D eigenvalue weighted by Crippen LogP contribution is 2.29. The molecule has 2 aromatic rings. The van der Waals surface area contributed by atoms with Gasteiger partial charge in [-0.05, 0) is 35.4 Å². The molecule has 0 aliphatic heterocycles. The summed E-state index contributed by atoms with van der Waals surface area (Å²) in [4.78, 5) is 22.8. The van der Waals surface area contributed by atoms with E-state index in [4.69, 9.17) is 0 Å². The maximum atomic E-state index is 11.4. The molecule has 126 valence electrons. The van der Waals surface area contributed by atoms with Crippen LogP contribution in [-0.2, 0) is 9.47 Å². The lowest BCUT2D eigenvalue weighted by atomic mass is 9.97. The summed E-state index contributed by atoms with van der Waals surface area (Å²) >= 11 is 0. The average Bonchev–Trinajstić information content (AvgIpc) is 2.65. The molecule has 0 aliphatic rings. The van der Waals surface area contributed by atoms with Crippen LogP contribution in [-0.4, -0.2) is 36.4 Å². The van der Waals surface area contributed by atoms with E-state index in [1.165, 1.54) is 38.5 Å². The van der Waals surface area contributed by atoms with Crippen LogP contribution in [0.3, 0.4) is 0 Å². The Morgan fingerprint density at radius 3 is 1.25 bits per heavy atom. The molecule has 2 rings (SSSR count). The Kier molecular flexibility index (Phi) is 5.68. The Hall–Kier alpha value is -2.70. The maximum absolute atomic E-state index is 11.4. The fourth-order valence-electron chi connectivity index (χ4n) is 2.23. The van der Waals surface area contributed by atoms with Crippen molar-refractivity contribution < 1.29 is 29.3 Å². The van der Waals surface area contributed by atoms with Gasteiger partial charge in [0, 0.05) is 0 Å². The number of aliphatic hydroxyl groups excluding tert-OH is 2. The highest BCUT2D eigenvalue weighted by molar-refractivity contribution is 5.89. The molecule has 0 amide bonds. The number of hydrogen-bond donors (Lipinski definition) is 2. The number of aliphatic hydroxyl groups is 2. The van der Waals surface area contributed by atoms with E-state index in [9.17, 15) is 19.8 Å². The van der Waals surface area contributed by atoms with E-state index < -0.39 is 24.1 Å². The van der Waals surface area contributed by atoms with Crippen LogP contribution < -0.4 is 0 Å². The van der Waals surface area contributed by atoms with Crippen LogP contribution in [0.15, 0.2) is 48.5 Å². The van der Waals surface area contributed by atoms with E-state index in [0.717, 1.165) is 0 Å². The van der Waals surface area contributed by atoms with Crippen molar-refractivity contribution in [1.29, 1.82) is 0 Å². The first-order valence-corrected chi connectivity index (χ1v) is 7.20. The van der Waals surface area contributed by atoms with Gasteiger partial charge in [0.2, 0.25) is 0 Å². The second-order valence-corrected chi connectivity index (χ2v) is 5.12. The number of benzene rings is 2. The molecule has 2 atom stereocenters. The highest BCUT2D eigenvalue weighted by Gasteiger charge is 2.21. The van der Waals surface area contributed by atoms with Gasteiger partial charge in [0.1, 0.15) is 12.2 Å². The van der Waals surface area contributed by atoms with E-state index >= 15 is 0 Å². The number of rotatable bonds is 5. The first-order chi connectivity index (χ1) is 11.5. The zero-order valence-electron chi connectivity index (χ0n) is 13.3. The van der Waals surface area contributed by atoms with E-state index in [1.54, 1.807) is 24.3 Å². The van der Waals surface area contributed by atoms with Crippen molar-refractivity contribution in [2.24, 2.45) is 0 Å². The number of carbonyl (C=O) groups excluding carboxylic acids is 2. The predicted octanol–water partition coefficient (Wildman–Crippen LogP) is 2.03. The molecule has 0 saturated heterocycles. The van der Waals surface area contributed by atoms with Gasteiger partial charge in [-0.3, -0.25) is 0 Å². The van der Waals surface area contributed by atoms with Crippen molar-refractivity contribution in [2.45, 2.75) is 12.2 Å². The Labute approximate surface area is 139 Å². The van der Waals surface area contributed by atoms with Gasteiger partial charge in [0.15, 0.2) is 0 Å². The van der Waals surface area contributed by atoms with E-state index in [0.29, 0.717) is 22.3 Å². The summed E-state index contributed by atoms with van der Waals surface area (Å²) in [6.07, 6.45) is -2.36. The number of esters is 2. The standard InChI is InChI=1S/C18H18O6/c1-23-17(21)13-7-3-11(4-8-13)15(19)16(20)12-5-9-14(10-6-12)18(22)24-2/h3-10,15-16,19-20H,1-2H3. The fraction of sp³-hybridized carbons (Fsp3) is 0.222. The first-order valence-electron chi connectivity index (χ1n) is 7.20. The summed E-state index contributed by atoms with van der Waals surface area (Å²) in [5, 5.41) is 20.6. The monoisotopic (exact) mass is 330 g/mol. The molecule has 2 aromatic carbocycles. The lowest BCUT2D eigenvalue weighted by Crippen LogP contribution is -2.11. The quantitative estimate of drug-likeness (QED) is 0.815. The Morgan fingerprint density at radius 2 is 1.00 bits per heavy atom. The van der Waals surface area contributed by atoms with Gasteiger partial charge in [-0.2, -0.15) is 0 Å². The number of ether oxygens (including phenoxy) is 2. The Balaban J connectivity index is 2.15. The van der Waals surface area contributed by atoms with Gasteiger partial charge >= 0.3 is 11.9 Å². The van der Waals surface area contributed by atoms with Gasteiger partial charge < -0.3 is 19.7 Å². The van der Waals surface area contributed by atoms with Gasteiger partial charge in [-0.15, -0.1) is 0 Å². The zero-order chi connectivity index (χ0) is 17.7. The molecule has 24 heavy (non-hydrogen) atoms. The van der Waals surface area contributed by atoms with Gasteiger partial charge in [0.25, 0.3) is 0 Å². The molecule has 2 unspecified atom stereocenters. The van der Waals surface area contributed by atoms with Crippen LogP contribution in [0.25, 0.3) is 0 Å². The van der Waals surface area contributed by atoms with Gasteiger partial charge in [-0.25, -0.2) is 9.59 Å². The van der Waals surface area contributed by atoms with Crippen molar-refractivity contribution in [1.82, 2.24) is 0 Å². The molecule has 0 spiro atoms. The molecule has 0 heterocycles. The van der Waals surface area contributed by atoms with Crippen LogP contribution in [0, 0.1) is 0 Å². The minimum absolute atomic E-state index is 0.352. The molecular weight excluding hydrogens is 312 g/mol. The minimum atomic E-state index is -1.18. The lowest BCUT2D eigenvalue weighted by molar-refractivity contribution is 0.0172. The fourth-order valence-corrected chi connectivity index (χ4v) is 2.23. The summed E-state index contributed by atoms with van der Waals surface area (Å²) in [6.45, 7) is 0. The summed E-state index contributed by atoms with van der Waals surface area (Å²) in [7, 11) is 2.57. The van der Waals surface area contributed by atoms with Crippen LogP contribution >= 0.6 is 0 Å². The maximum Gasteiger partial charge on any atom is 0.337 e. The van der Waals surface area contributed by atoms with Gasteiger partial charge in [0.05, 0.1) is 25.3 Å². The van der Waals surface area contributed by atoms with E-state index in [-0.39, 0.29) is 0 Å². The van der Waals surface area contributed by atoms with E-state index in [2.05, 4.69) is 9.47 Å². The second-order valence-electron chi connectivity index (χ2n) is 5.12. The Morgan fingerprint density at radius 1 is 0.708 bits per heavy atom. The average molecular weight is 330 g/mol.